The van der Waals surface area contributed by atoms with Crippen LogP contribution in [0.15, 0.2) is 47.2 Å². The number of amides is 2. The molecular weight excluding hydrogens is 618 g/mol. The number of carbonyl (C=O) groups is 2. The quantitative estimate of drug-likeness (QED) is 0.314. The predicted molar refractivity (Wildman–Crippen MR) is 157 cm³/mol. The maximum Gasteiger partial charge on any atom is 0.238 e. The lowest BCUT2D eigenvalue weighted by atomic mass is 9.46. The van der Waals surface area contributed by atoms with Gasteiger partial charge in [-0.2, -0.15) is 0 Å². The lowest BCUT2D eigenvalue weighted by Crippen LogP contribution is -2.70. The molecule has 2 aliphatic carbocycles. The Morgan fingerprint density at radius 3 is 2.52 bits per heavy atom. The summed E-state index contributed by atoms with van der Waals surface area (Å²) in [6.45, 7) is -1.85. The van der Waals surface area contributed by atoms with Crippen LogP contribution in [-0.4, -0.2) is 53.0 Å². The molecule has 3 atom stereocenters. The summed E-state index contributed by atoms with van der Waals surface area (Å²) in [7, 11) is 0. The predicted octanol–water partition coefficient (Wildman–Crippen LogP) is 5.76. The molecule has 13 heteroatoms. The van der Waals surface area contributed by atoms with E-state index in [0.717, 1.165) is 12.8 Å². The summed E-state index contributed by atoms with van der Waals surface area (Å²) >= 11 is 12.9. The first-order valence-electron chi connectivity index (χ1n) is 14.7. The molecule has 3 heterocycles. The Bertz CT molecular complexity index is 1600. The largest absolute Gasteiger partial charge is 0.428 e. The first-order valence-corrected chi connectivity index (χ1v) is 15.4. The molecule has 2 amide bonds. The van der Waals surface area contributed by atoms with Crippen molar-refractivity contribution in [1.82, 2.24) is 20.8 Å². The number of hydrogen-bond donors (Lipinski definition) is 3. The second-order valence-electron chi connectivity index (χ2n) is 12.7. The van der Waals surface area contributed by atoms with Gasteiger partial charge in [-0.05, 0) is 67.9 Å². The SMILES string of the molecule is O=C(N[C@H]1CC[C@H](c2nnco2)CC1)[C@@H]1NC2(CC(CF)(CF)C2)[C@@]2(C(=O)Nc3cc(Cl)ccc32)[C@H]1c1cccc(F)c1Cl. The van der Waals surface area contributed by atoms with Crippen LogP contribution in [0.1, 0.15) is 67.4 Å². The number of nitrogens with one attached hydrogen (secondary N) is 3. The van der Waals surface area contributed by atoms with E-state index in [1.54, 1.807) is 24.3 Å². The molecule has 7 rings (SSSR count). The number of anilines is 1. The Hall–Kier alpha value is -3.15. The average Bonchev–Trinajstić information content (AvgIpc) is 3.71. The van der Waals surface area contributed by atoms with Gasteiger partial charge in [-0.1, -0.05) is 41.4 Å². The van der Waals surface area contributed by atoms with Gasteiger partial charge in [0.05, 0.1) is 24.4 Å². The van der Waals surface area contributed by atoms with Crippen LogP contribution in [0.4, 0.5) is 18.9 Å². The minimum atomic E-state index is -1.55. The van der Waals surface area contributed by atoms with Crippen molar-refractivity contribution in [3.8, 4) is 0 Å². The van der Waals surface area contributed by atoms with Crippen LogP contribution in [0.5, 0.6) is 0 Å². The first kappa shape index (κ1) is 29.6. The number of benzene rings is 2. The van der Waals surface area contributed by atoms with E-state index in [4.69, 9.17) is 27.6 Å². The molecule has 3 N–H and O–H groups in total. The van der Waals surface area contributed by atoms with E-state index in [-0.39, 0.29) is 35.4 Å². The zero-order valence-electron chi connectivity index (χ0n) is 23.5. The van der Waals surface area contributed by atoms with Crippen molar-refractivity contribution in [3.63, 3.8) is 0 Å². The Balaban J connectivity index is 1.31. The fraction of sp³-hybridized carbons (Fsp3) is 0.484. The zero-order chi connectivity index (χ0) is 30.9. The third-order valence-electron chi connectivity index (χ3n) is 10.3. The van der Waals surface area contributed by atoms with Crippen LogP contribution in [0.25, 0.3) is 0 Å². The van der Waals surface area contributed by atoms with Crippen molar-refractivity contribution in [2.75, 3.05) is 18.7 Å². The van der Waals surface area contributed by atoms with Crippen molar-refractivity contribution in [1.29, 1.82) is 0 Å². The Labute approximate surface area is 261 Å². The van der Waals surface area contributed by atoms with E-state index < -0.39 is 59.3 Å². The standard InChI is InChI=1S/C31H30Cl2F3N5O3/c32-17-6-9-20-22(10-17)39-28(43)31(20)23(19-2-1-3-21(36)24(19)33)25(40-30(31)11-29(12-30,13-34)14-35)26(42)38-18-7-4-16(5-8-18)27-41-37-15-44-27/h1-3,6,9-10,15-16,18,23,25,40H,4-5,7-8,11-14H2,(H,38,42)(H,39,43)/t16-,18-,23-,25+,31+/m0/s1. The van der Waals surface area contributed by atoms with E-state index in [1.807, 2.05) is 0 Å². The molecule has 232 valence electrons. The van der Waals surface area contributed by atoms with Crippen molar-refractivity contribution in [2.24, 2.45) is 5.41 Å². The second kappa shape index (κ2) is 10.7. The highest BCUT2D eigenvalue weighted by atomic mass is 35.5. The third kappa shape index (κ3) is 4.22. The lowest BCUT2D eigenvalue weighted by Gasteiger charge is -2.59. The summed E-state index contributed by atoms with van der Waals surface area (Å²) in [5.74, 6) is -1.92. The molecule has 1 aromatic heterocycles. The molecule has 2 aromatic carbocycles. The third-order valence-corrected chi connectivity index (χ3v) is 11.0. The van der Waals surface area contributed by atoms with Gasteiger partial charge < -0.3 is 15.1 Å². The molecule has 1 saturated heterocycles. The maximum absolute atomic E-state index is 15.0. The minimum Gasteiger partial charge on any atom is -0.428 e. The van der Waals surface area contributed by atoms with Gasteiger partial charge in [-0.25, -0.2) is 4.39 Å². The summed E-state index contributed by atoms with van der Waals surface area (Å²) in [6, 6.07) is 7.96. The summed E-state index contributed by atoms with van der Waals surface area (Å²) < 4.78 is 49.1. The molecule has 0 bridgehead atoms. The van der Waals surface area contributed by atoms with Gasteiger partial charge in [0.15, 0.2) is 0 Å². The molecule has 44 heavy (non-hydrogen) atoms. The van der Waals surface area contributed by atoms with Crippen LogP contribution in [0.2, 0.25) is 10.0 Å². The highest BCUT2D eigenvalue weighted by Gasteiger charge is 2.78. The number of alkyl halides is 2. The molecule has 3 aromatic rings. The molecular formula is C31H30Cl2F3N5O3. The number of nitrogens with zero attached hydrogens (tertiary/aromatic N) is 2. The number of rotatable bonds is 6. The Kier molecular flexibility index (Phi) is 7.21. The molecule has 0 unspecified atom stereocenters. The van der Waals surface area contributed by atoms with E-state index in [0.29, 0.717) is 35.0 Å². The van der Waals surface area contributed by atoms with Crippen molar-refractivity contribution < 1.29 is 27.2 Å². The van der Waals surface area contributed by atoms with Crippen LogP contribution in [-0.2, 0) is 15.0 Å². The van der Waals surface area contributed by atoms with Gasteiger partial charge in [-0.3, -0.25) is 23.7 Å². The van der Waals surface area contributed by atoms with Gasteiger partial charge in [0.1, 0.15) is 11.2 Å². The average molecular weight is 649 g/mol. The number of halogens is 5. The number of hydrogen-bond acceptors (Lipinski definition) is 6. The molecule has 2 aliphatic heterocycles. The fourth-order valence-corrected chi connectivity index (χ4v) is 8.91. The van der Waals surface area contributed by atoms with Crippen molar-refractivity contribution >= 4 is 40.7 Å². The van der Waals surface area contributed by atoms with Crippen molar-refractivity contribution in [2.45, 2.75) is 73.4 Å². The molecule has 3 fully saturated rings. The smallest absolute Gasteiger partial charge is 0.238 e. The normalized spacial score (nSPS) is 29.8. The molecule has 2 saturated carbocycles. The molecule has 8 nitrogen and oxygen atoms in total. The molecule has 4 aliphatic rings. The van der Waals surface area contributed by atoms with Gasteiger partial charge in [0, 0.05) is 39.5 Å². The minimum absolute atomic E-state index is 0.0506. The molecule has 2 spiro atoms. The van der Waals surface area contributed by atoms with Crippen LogP contribution >= 0.6 is 23.2 Å². The summed E-state index contributed by atoms with van der Waals surface area (Å²) in [4.78, 5) is 28.7. The maximum atomic E-state index is 15.0. The number of carbonyl (C=O) groups excluding carboxylic acids is 2. The summed E-state index contributed by atoms with van der Waals surface area (Å²) in [5.41, 5.74) is -2.88. The molecule has 0 radical (unpaired) electrons. The van der Waals surface area contributed by atoms with Gasteiger partial charge >= 0.3 is 0 Å². The van der Waals surface area contributed by atoms with Crippen LogP contribution in [0.3, 0.4) is 0 Å². The van der Waals surface area contributed by atoms with Crippen molar-refractivity contribution in [3.05, 3.63) is 75.7 Å². The van der Waals surface area contributed by atoms with Gasteiger partial charge in [0.2, 0.25) is 24.1 Å². The fourth-order valence-electron chi connectivity index (χ4n) is 8.49. The van der Waals surface area contributed by atoms with Crippen LogP contribution < -0.4 is 16.0 Å². The first-order chi connectivity index (χ1) is 21.2. The van der Waals surface area contributed by atoms with E-state index >= 15 is 4.39 Å². The Morgan fingerprint density at radius 2 is 1.84 bits per heavy atom. The monoisotopic (exact) mass is 647 g/mol. The Morgan fingerprint density at radius 1 is 1.09 bits per heavy atom. The van der Waals surface area contributed by atoms with E-state index in [9.17, 15) is 18.4 Å². The summed E-state index contributed by atoms with van der Waals surface area (Å²) in [5, 5.41) is 17.4. The second-order valence-corrected chi connectivity index (χ2v) is 13.5. The van der Waals surface area contributed by atoms with E-state index in [1.165, 1.54) is 18.5 Å². The highest BCUT2D eigenvalue weighted by Crippen LogP contribution is 2.68. The van der Waals surface area contributed by atoms with E-state index in [2.05, 4.69) is 26.1 Å². The topological polar surface area (TPSA) is 109 Å². The summed E-state index contributed by atoms with van der Waals surface area (Å²) in [6.07, 6.45) is 3.96. The highest BCUT2D eigenvalue weighted by molar-refractivity contribution is 6.32. The van der Waals surface area contributed by atoms with Gasteiger partial charge in [0.25, 0.3) is 0 Å². The van der Waals surface area contributed by atoms with Gasteiger partial charge in [-0.15, -0.1) is 10.2 Å². The number of fused-ring (bicyclic) bond motifs is 3. The lowest BCUT2D eigenvalue weighted by molar-refractivity contribution is -0.131. The van der Waals surface area contributed by atoms with Crippen LogP contribution in [0, 0.1) is 11.2 Å². The zero-order valence-corrected chi connectivity index (χ0v) is 25.0. The number of aromatic nitrogens is 2.